The van der Waals surface area contributed by atoms with Crippen LogP contribution in [0.5, 0.6) is 5.75 Å². The molecule has 0 unspecified atom stereocenters. The highest BCUT2D eigenvalue weighted by atomic mass is 16.5. The average molecular weight is 277 g/mol. The van der Waals surface area contributed by atoms with E-state index < -0.39 is 0 Å². The van der Waals surface area contributed by atoms with Crippen LogP contribution < -0.4 is 16.0 Å². The van der Waals surface area contributed by atoms with Gasteiger partial charge in [-0.1, -0.05) is 6.92 Å². The Morgan fingerprint density at radius 1 is 1.35 bits per heavy atom. The summed E-state index contributed by atoms with van der Waals surface area (Å²) in [5, 5.41) is 0. The molecule has 1 aliphatic heterocycles. The molecule has 1 aromatic rings. The minimum atomic E-state index is -0.293. The smallest absolute Gasteiger partial charge is 0.265 e. The molecule has 3 N–H and O–H groups in total. The quantitative estimate of drug-likeness (QED) is 0.485. The number of hydrogen-bond acceptors (Lipinski definition) is 4. The number of ether oxygens (including phenoxy) is 1. The molecule has 2 rings (SSSR count). The summed E-state index contributed by atoms with van der Waals surface area (Å²) < 4.78 is 5.70. The van der Waals surface area contributed by atoms with E-state index in [0.717, 1.165) is 18.2 Å². The van der Waals surface area contributed by atoms with E-state index in [1.54, 1.807) is 24.3 Å². The Morgan fingerprint density at radius 2 is 2.00 bits per heavy atom. The van der Waals surface area contributed by atoms with Gasteiger partial charge in [-0.05, 0) is 56.1 Å². The van der Waals surface area contributed by atoms with E-state index in [2.05, 4.69) is 17.2 Å². The van der Waals surface area contributed by atoms with Crippen LogP contribution in [0.15, 0.2) is 24.3 Å². The van der Waals surface area contributed by atoms with Gasteiger partial charge in [-0.15, -0.1) is 0 Å². The molecule has 1 amide bonds. The fourth-order valence-electron chi connectivity index (χ4n) is 2.36. The fraction of sp³-hybridized carbons (Fsp3) is 0.533. The maximum absolute atomic E-state index is 11.3. The summed E-state index contributed by atoms with van der Waals surface area (Å²) >= 11 is 0. The van der Waals surface area contributed by atoms with Crippen LogP contribution in [0.3, 0.4) is 0 Å². The van der Waals surface area contributed by atoms with Gasteiger partial charge < -0.3 is 4.74 Å². The van der Waals surface area contributed by atoms with E-state index in [1.165, 1.54) is 25.9 Å². The summed E-state index contributed by atoms with van der Waals surface area (Å²) in [6.45, 7) is 6.28. The maximum Gasteiger partial charge on any atom is 0.265 e. The highest BCUT2D eigenvalue weighted by Gasteiger charge is 2.15. The molecule has 1 fully saturated rings. The fourth-order valence-corrected chi connectivity index (χ4v) is 2.36. The zero-order valence-electron chi connectivity index (χ0n) is 12.0. The number of likely N-dealkylation sites (tertiary alicyclic amines) is 1. The van der Waals surface area contributed by atoms with Crippen LogP contribution in [0.4, 0.5) is 0 Å². The molecule has 1 aromatic carbocycles. The molecule has 110 valence electrons. The Kier molecular flexibility index (Phi) is 5.38. The van der Waals surface area contributed by atoms with Crippen molar-refractivity contribution in [2.75, 3.05) is 26.2 Å². The minimum Gasteiger partial charge on any atom is -0.492 e. The third kappa shape index (κ3) is 4.21. The molecule has 0 saturated carbocycles. The van der Waals surface area contributed by atoms with E-state index in [0.29, 0.717) is 12.2 Å². The van der Waals surface area contributed by atoms with E-state index >= 15 is 0 Å². The molecule has 0 bridgehead atoms. The molecule has 1 heterocycles. The lowest BCUT2D eigenvalue weighted by molar-refractivity contribution is 0.0953. The average Bonchev–Trinajstić information content (AvgIpc) is 2.49. The lowest BCUT2D eigenvalue weighted by Crippen LogP contribution is -2.35. The number of hydrogen-bond donors (Lipinski definition) is 2. The SMILES string of the molecule is CC1CCN(CCOc2ccc(C(=O)NN)cc2)CC1. The number of nitrogens with two attached hydrogens (primary N) is 1. The number of nitrogens with zero attached hydrogens (tertiary/aromatic N) is 1. The molecule has 5 heteroatoms. The molecular formula is C15H23N3O2. The minimum absolute atomic E-state index is 0.293. The Balaban J connectivity index is 1.73. The van der Waals surface area contributed by atoms with Crippen LogP contribution >= 0.6 is 0 Å². The summed E-state index contributed by atoms with van der Waals surface area (Å²) in [4.78, 5) is 13.7. The zero-order chi connectivity index (χ0) is 14.4. The number of piperidine rings is 1. The van der Waals surface area contributed by atoms with Gasteiger partial charge in [0.15, 0.2) is 0 Å². The first-order chi connectivity index (χ1) is 9.69. The number of amides is 1. The molecule has 0 spiro atoms. The first kappa shape index (κ1) is 14.8. The van der Waals surface area contributed by atoms with Crippen LogP contribution in [0.2, 0.25) is 0 Å². The molecule has 20 heavy (non-hydrogen) atoms. The second-order valence-electron chi connectivity index (χ2n) is 5.37. The number of carbonyl (C=O) groups is 1. The monoisotopic (exact) mass is 277 g/mol. The summed E-state index contributed by atoms with van der Waals surface area (Å²) in [7, 11) is 0. The van der Waals surface area contributed by atoms with E-state index in [-0.39, 0.29) is 5.91 Å². The molecule has 0 radical (unpaired) electrons. The predicted molar refractivity (Wildman–Crippen MR) is 78.4 cm³/mol. The number of nitrogens with one attached hydrogen (secondary N) is 1. The van der Waals surface area contributed by atoms with Crippen LogP contribution in [0, 0.1) is 5.92 Å². The van der Waals surface area contributed by atoms with Crippen molar-refractivity contribution in [2.24, 2.45) is 11.8 Å². The zero-order valence-corrected chi connectivity index (χ0v) is 12.0. The van der Waals surface area contributed by atoms with Gasteiger partial charge in [0.1, 0.15) is 12.4 Å². The summed E-state index contributed by atoms with van der Waals surface area (Å²) in [6.07, 6.45) is 2.56. The standard InChI is InChI=1S/C15H23N3O2/c1-12-6-8-18(9-7-12)10-11-20-14-4-2-13(3-5-14)15(19)17-16/h2-5,12H,6-11,16H2,1H3,(H,17,19). The van der Waals surface area contributed by atoms with Crippen molar-refractivity contribution >= 4 is 5.91 Å². The first-order valence-corrected chi connectivity index (χ1v) is 7.15. The Hall–Kier alpha value is -1.59. The van der Waals surface area contributed by atoms with Crippen LogP contribution in [0.25, 0.3) is 0 Å². The number of hydrazine groups is 1. The second-order valence-corrected chi connectivity index (χ2v) is 5.37. The van der Waals surface area contributed by atoms with E-state index in [4.69, 9.17) is 10.6 Å². The lowest BCUT2D eigenvalue weighted by atomic mass is 9.99. The highest BCUT2D eigenvalue weighted by Crippen LogP contribution is 2.16. The van der Waals surface area contributed by atoms with Gasteiger partial charge in [-0.3, -0.25) is 15.1 Å². The summed E-state index contributed by atoms with van der Waals surface area (Å²) in [5.41, 5.74) is 2.64. The molecule has 5 nitrogen and oxygen atoms in total. The third-order valence-electron chi connectivity index (χ3n) is 3.80. The first-order valence-electron chi connectivity index (χ1n) is 7.15. The Morgan fingerprint density at radius 3 is 2.60 bits per heavy atom. The van der Waals surface area contributed by atoms with Crippen LogP contribution in [0.1, 0.15) is 30.1 Å². The van der Waals surface area contributed by atoms with E-state index in [9.17, 15) is 4.79 Å². The maximum atomic E-state index is 11.3. The van der Waals surface area contributed by atoms with Crippen molar-refractivity contribution in [3.8, 4) is 5.75 Å². The van der Waals surface area contributed by atoms with Gasteiger partial charge in [0.2, 0.25) is 0 Å². The predicted octanol–water partition coefficient (Wildman–Crippen LogP) is 1.40. The van der Waals surface area contributed by atoms with Crippen molar-refractivity contribution in [3.05, 3.63) is 29.8 Å². The van der Waals surface area contributed by atoms with Gasteiger partial charge in [0.05, 0.1) is 0 Å². The Bertz CT molecular complexity index is 425. The summed E-state index contributed by atoms with van der Waals surface area (Å²) in [6, 6.07) is 7.01. The normalized spacial score (nSPS) is 16.9. The third-order valence-corrected chi connectivity index (χ3v) is 3.80. The lowest BCUT2D eigenvalue weighted by Gasteiger charge is -2.29. The van der Waals surface area contributed by atoms with Crippen molar-refractivity contribution in [2.45, 2.75) is 19.8 Å². The molecule has 1 saturated heterocycles. The largest absolute Gasteiger partial charge is 0.492 e. The molecule has 0 aromatic heterocycles. The van der Waals surface area contributed by atoms with Gasteiger partial charge in [-0.2, -0.15) is 0 Å². The molecule has 0 atom stereocenters. The number of benzene rings is 1. The Labute approximate surface area is 120 Å². The topological polar surface area (TPSA) is 67.6 Å². The van der Waals surface area contributed by atoms with Gasteiger partial charge in [0.25, 0.3) is 5.91 Å². The molecular weight excluding hydrogens is 254 g/mol. The van der Waals surface area contributed by atoms with Crippen molar-refractivity contribution in [1.29, 1.82) is 0 Å². The summed E-state index contributed by atoms with van der Waals surface area (Å²) in [5.74, 6) is 6.42. The van der Waals surface area contributed by atoms with Gasteiger partial charge in [-0.25, -0.2) is 5.84 Å². The van der Waals surface area contributed by atoms with Gasteiger partial charge in [0, 0.05) is 12.1 Å². The van der Waals surface area contributed by atoms with E-state index in [1.807, 2.05) is 0 Å². The van der Waals surface area contributed by atoms with Gasteiger partial charge >= 0.3 is 0 Å². The second kappa shape index (κ2) is 7.26. The highest BCUT2D eigenvalue weighted by molar-refractivity contribution is 5.93. The number of nitrogen functional groups attached to an aromatic ring is 1. The number of carbonyl (C=O) groups excluding carboxylic acids is 1. The number of rotatable bonds is 5. The van der Waals surface area contributed by atoms with Crippen molar-refractivity contribution in [3.63, 3.8) is 0 Å². The van der Waals surface area contributed by atoms with Crippen LogP contribution in [-0.2, 0) is 0 Å². The van der Waals surface area contributed by atoms with Crippen molar-refractivity contribution in [1.82, 2.24) is 10.3 Å². The molecule has 0 aliphatic carbocycles. The van der Waals surface area contributed by atoms with Crippen molar-refractivity contribution < 1.29 is 9.53 Å². The molecule has 1 aliphatic rings. The van der Waals surface area contributed by atoms with Crippen LogP contribution in [-0.4, -0.2) is 37.0 Å².